The van der Waals surface area contributed by atoms with Gasteiger partial charge in [-0.25, -0.2) is 0 Å². The molecule has 2 aliphatic rings. The van der Waals surface area contributed by atoms with Gasteiger partial charge in [0.25, 0.3) is 0 Å². The highest BCUT2D eigenvalue weighted by molar-refractivity contribution is 5.00. The zero-order valence-corrected chi connectivity index (χ0v) is 6.41. The van der Waals surface area contributed by atoms with Crippen LogP contribution in [0, 0.1) is 5.41 Å². The summed E-state index contributed by atoms with van der Waals surface area (Å²) >= 11 is 0. The summed E-state index contributed by atoms with van der Waals surface area (Å²) in [4.78, 5) is 0. The third-order valence-electron chi connectivity index (χ3n) is 2.71. The van der Waals surface area contributed by atoms with Crippen molar-refractivity contribution < 1.29 is 0 Å². The molecule has 1 unspecified atom stereocenters. The van der Waals surface area contributed by atoms with Crippen molar-refractivity contribution in [1.82, 2.24) is 16.0 Å². The minimum absolute atomic E-state index is 0.557. The Kier molecular flexibility index (Phi) is 1.44. The van der Waals surface area contributed by atoms with Gasteiger partial charge in [0.15, 0.2) is 0 Å². The lowest BCUT2D eigenvalue weighted by molar-refractivity contribution is 0.190. The fraction of sp³-hybridized carbons (Fsp3) is 1.00. The Labute approximate surface area is 61.6 Å². The fourth-order valence-electron chi connectivity index (χ4n) is 1.87. The Morgan fingerprint density at radius 3 is 2.50 bits per heavy atom. The molecule has 0 aliphatic carbocycles. The van der Waals surface area contributed by atoms with Crippen molar-refractivity contribution in [3.63, 3.8) is 0 Å². The molecule has 1 spiro atoms. The van der Waals surface area contributed by atoms with Crippen molar-refractivity contribution in [2.24, 2.45) is 5.41 Å². The molecule has 3 heteroatoms. The Bertz CT molecular complexity index is 131. The molecule has 0 saturated carbocycles. The molecule has 0 aromatic rings. The lowest BCUT2D eigenvalue weighted by atomic mass is 9.81. The van der Waals surface area contributed by atoms with Crippen molar-refractivity contribution in [2.45, 2.75) is 12.6 Å². The van der Waals surface area contributed by atoms with Crippen LogP contribution in [0.5, 0.6) is 0 Å². The first-order valence-corrected chi connectivity index (χ1v) is 3.96. The van der Waals surface area contributed by atoms with Gasteiger partial charge in [-0.3, -0.25) is 0 Å². The molecule has 1 atom stereocenters. The Morgan fingerprint density at radius 1 is 1.40 bits per heavy atom. The second-order valence-electron chi connectivity index (χ2n) is 3.53. The van der Waals surface area contributed by atoms with Crippen LogP contribution in [0.1, 0.15) is 6.42 Å². The monoisotopic (exact) mass is 141 g/mol. The van der Waals surface area contributed by atoms with Crippen LogP contribution in [-0.4, -0.2) is 32.8 Å². The highest BCUT2D eigenvalue weighted by Gasteiger charge is 2.42. The topological polar surface area (TPSA) is 36.1 Å². The molecule has 2 rings (SSSR count). The van der Waals surface area contributed by atoms with Gasteiger partial charge in [-0.05, 0) is 13.5 Å². The van der Waals surface area contributed by atoms with E-state index in [1.807, 2.05) is 7.05 Å². The van der Waals surface area contributed by atoms with Crippen LogP contribution in [0.2, 0.25) is 0 Å². The van der Waals surface area contributed by atoms with Gasteiger partial charge in [0, 0.05) is 25.0 Å². The molecule has 58 valence electrons. The number of nitrogens with one attached hydrogen (secondary N) is 3. The predicted molar refractivity (Wildman–Crippen MR) is 40.8 cm³/mol. The van der Waals surface area contributed by atoms with Crippen LogP contribution >= 0.6 is 0 Å². The molecule has 2 aliphatic heterocycles. The van der Waals surface area contributed by atoms with Crippen molar-refractivity contribution in [3.8, 4) is 0 Å². The second kappa shape index (κ2) is 2.19. The van der Waals surface area contributed by atoms with Gasteiger partial charge in [0.1, 0.15) is 0 Å². The lowest BCUT2D eigenvalue weighted by Crippen LogP contribution is -2.54. The Balaban J connectivity index is 1.92. The standard InChI is InChI=1S/C7H15N3/c1-8-6-2-7(5-10-6)3-9-4-7/h6,8-10H,2-5H2,1H3. The van der Waals surface area contributed by atoms with E-state index in [0.29, 0.717) is 11.6 Å². The SMILES string of the molecule is CNC1CC2(CNC2)CN1. The maximum atomic E-state index is 3.45. The Morgan fingerprint density at radius 2 is 2.20 bits per heavy atom. The minimum Gasteiger partial charge on any atom is -0.315 e. The first-order valence-electron chi connectivity index (χ1n) is 3.96. The van der Waals surface area contributed by atoms with E-state index in [9.17, 15) is 0 Å². The van der Waals surface area contributed by atoms with Gasteiger partial charge >= 0.3 is 0 Å². The summed E-state index contributed by atoms with van der Waals surface area (Å²) in [5, 5.41) is 10.0. The smallest absolute Gasteiger partial charge is 0.0576 e. The van der Waals surface area contributed by atoms with Crippen molar-refractivity contribution in [3.05, 3.63) is 0 Å². The van der Waals surface area contributed by atoms with E-state index < -0.39 is 0 Å². The van der Waals surface area contributed by atoms with Crippen LogP contribution in [0.4, 0.5) is 0 Å². The van der Waals surface area contributed by atoms with Crippen molar-refractivity contribution in [1.29, 1.82) is 0 Å². The summed E-state index contributed by atoms with van der Waals surface area (Å²) in [6.45, 7) is 3.60. The van der Waals surface area contributed by atoms with E-state index in [0.717, 1.165) is 0 Å². The second-order valence-corrected chi connectivity index (χ2v) is 3.53. The van der Waals surface area contributed by atoms with Crippen molar-refractivity contribution in [2.75, 3.05) is 26.7 Å². The summed E-state index contributed by atoms with van der Waals surface area (Å²) in [7, 11) is 2.02. The normalized spacial score (nSPS) is 36.3. The first kappa shape index (κ1) is 6.58. The Hall–Kier alpha value is -0.120. The third kappa shape index (κ3) is 0.856. The molecule has 0 bridgehead atoms. The molecule has 0 amide bonds. The molecule has 10 heavy (non-hydrogen) atoms. The van der Waals surface area contributed by atoms with Crippen LogP contribution in [0.15, 0.2) is 0 Å². The fourth-order valence-corrected chi connectivity index (χ4v) is 1.87. The molecule has 3 N–H and O–H groups in total. The summed E-state index contributed by atoms with van der Waals surface area (Å²) in [5.74, 6) is 0. The van der Waals surface area contributed by atoms with Gasteiger partial charge in [0.05, 0.1) is 6.17 Å². The van der Waals surface area contributed by atoms with Crippen LogP contribution in [-0.2, 0) is 0 Å². The molecule has 0 aromatic carbocycles. The lowest BCUT2D eigenvalue weighted by Gasteiger charge is -2.38. The van der Waals surface area contributed by atoms with E-state index in [1.54, 1.807) is 0 Å². The van der Waals surface area contributed by atoms with E-state index in [4.69, 9.17) is 0 Å². The van der Waals surface area contributed by atoms with Gasteiger partial charge < -0.3 is 16.0 Å². The van der Waals surface area contributed by atoms with Crippen molar-refractivity contribution >= 4 is 0 Å². The van der Waals surface area contributed by atoms with E-state index >= 15 is 0 Å². The molecule has 0 radical (unpaired) electrons. The average Bonchev–Trinajstić information content (AvgIpc) is 2.29. The number of hydrogen-bond donors (Lipinski definition) is 3. The molecule has 2 heterocycles. The molecule has 0 aromatic heterocycles. The third-order valence-corrected chi connectivity index (χ3v) is 2.71. The molecule has 2 saturated heterocycles. The highest BCUT2D eigenvalue weighted by Crippen LogP contribution is 2.31. The predicted octanol–water partition coefficient (Wildman–Crippen LogP) is -0.885. The zero-order chi connectivity index (χ0) is 7.03. The number of rotatable bonds is 1. The van der Waals surface area contributed by atoms with Crippen LogP contribution in [0.3, 0.4) is 0 Å². The maximum absolute atomic E-state index is 3.45. The number of hydrogen-bond acceptors (Lipinski definition) is 3. The summed E-state index contributed by atoms with van der Waals surface area (Å²) in [5.41, 5.74) is 0.605. The molecule has 3 nitrogen and oxygen atoms in total. The van der Waals surface area contributed by atoms with E-state index in [2.05, 4.69) is 16.0 Å². The minimum atomic E-state index is 0.557. The largest absolute Gasteiger partial charge is 0.315 e. The maximum Gasteiger partial charge on any atom is 0.0576 e. The van der Waals surface area contributed by atoms with Gasteiger partial charge in [-0.15, -0.1) is 0 Å². The summed E-state index contributed by atoms with van der Waals surface area (Å²) in [6.07, 6.45) is 1.85. The van der Waals surface area contributed by atoms with Gasteiger partial charge in [-0.1, -0.05) is 0 Å². The van der Waals surface area contributed by atoms with E-state index in [1.165, 1.54) is 26.1 Å². The molecular formula is C7H15N3. The molecular weight excluding hydrogens is 126 g/mol. The first-order chi connectivity index (χ1) is 4.85. The van der Waals surface area contributed by atoms with E-state index in [-0.39, 0.29) is 0 Å². The van der Waals surface area contributed by atoms with Crippen LogP contribution in [0.25, 0.3) is 0 Å². The van der Waals surface area contributed by atoms with Crippen LogP contribution < -0.4 is 16.0 Å². The molecule has 2 fully saturated rings. The highest BCUT2D eigenvalue weighted by atomic mass is 15.2. The summed E-state index contributed by atoms with van der Waals surface area (Å²) in [6, 6.07) is 0. The zero-order valence-electron chi connectivity index (χ0n) is 6.41. The quantitative estimate of drug-likeness (QED) is 0.443. The summed E-state index contributed by atoms with van der Waals surface area (Å²) < 4.78 is 0. The van der Waals surface area contributed by atoms with Gasteiger partial charge in [0.2, 0.25) is 0 Å². The van der Waals surface area contributed by atoms with Gasteiger partial charge in [-0.2, -0.15) is 0 Å². The average molecular weight is 141 g/mol.